The molecule has 3 aromatic carbocycles. The van der Waals surface area contributed by atoms with Gasteiger partial charge in [-0.3, -0.25) is 4.79 Å². The Morgan fingerprint density at radius 3 is 1.94 bits per heavy atom. The third kappa shape index (κ3) is 6.36. The van der Waals surface area contributed by atoms with Crippen LogP contribution in [0.1, 0.15) is 21.5 Å². The van der Waals surface area contributed by atoms with Crippen LogP contribution in [0, 0.1) is 0 Å². The highest BCUT2D eigenvalue weighted by atomic mass is 79.9. The van der Waals surface area contributed by atoms with E-state index < -0.39 is 0 Å². The molecule has 0 radical (unpaired) electrons. The Kier molecular flexibility index (Phi) is 8.80. The molecule has 3 aromatic rings. The molecule has 3 N–H and O–H groups in total. The maximum Gasteiger partial charge on any atom is 0.203 e. The molecule has 3 rings (SSSR count). The minimum Gasteiger partial charge on any atom is -0.493 e. The van der Waals surface area contributed by atoms with E-state index in [0.29, 0.717) is 39.9 Å². The Morgan fingerprint density at radius 2 is 1.40 bits per heavy atom. The number of allylic oxidation sites excluding steroid dienone is 1. The van der Waals surface area contributed by atoms with E-state index in [-0.39, 0.29) is 5.78 Å². The number of carbonyl (C=O) groups is 1. The molecular weight excluding hydrogens is 512 g/mol. The second kappa shape index (κ2) is 12.0. The van der Waals surface area contributed by atoms with Crippen molar-refractivity contribution in [2.24, 2.45) is 0 Å². The molecule has 35 heavy (non-hydrogen) atoms. The van der Waals surface area contributed by atoms with E-state index in [1.807, 2.05) is 36.4 Å². The van der Waals surface area contributed by atoms with E-state index >= 15 is 0 Å². The summed E-state index contributed by atoms with van der Waals surface area (Å²) >= 11 is 3.55. The SMILES string of the molecule is COc1cc(/C=C\c2cc(Br)c(OC)c(N/C=C\C(=O)c3ccc(N)cc3)c2)cc(OC)c1OC. The maximum atomic E-state index is 12.4. The summed E-state index contributed by atoms with van der Waals surface area (Å²) in [4.78, 5) is 12.4. The summed E-state index contributed by atoms with van der Waals surface area (Å²) in [6.45, 7) is 0. The van der Waals surface area contributed by atoms with E-state index in [0.717, 1.165) is 15.6 Å². The van der Waals surface area contributed by atoms with Crippen molar-refractivity contribution < 1.29 is 23.7 Å². The minimum atomic E-state index is -0.144. The number of carbonyl (C=O) groups excluding carboxylic acids is 1. The number of benzene rings is 3. The van der Waals surface area contributed by atoms with Crippen molar-refractivity contribution in [3.05, 3.63) is 82.0 Å². The summed E-state index contributed by atoms with van der Waals surface area (Å²) in [5, 5.41) is 3.14. The van der Waals surface area contributed by atoms with Gasteiger partial charge < -0.3 is 30.0 Å². The third-order valence-electron chi connectivity index (χ3n) is 5.09. The molecule has 0 aliphatic heterocycles. The highest BCUT2D eigenvalue weighted by Gasteiger charge is 2.13. The average Bonchev–Trinajstić information content (AvgIpc) is 2.86. The van der Waals surface area contributed by atoms with Gasteiger partial charge in [-0.15, -0.1) is 0 Å². The van der Waals surface area contributed by atoms with Crippen LogP contribution in [0.2, 0.25) is 0 Å². The first kappa shape index (κ1) is 25.7. The van der Waals surface area contributed by atoms with Gasteiger partial charge in [-0.1, -0.05) is 12.2 Å². The van der Waals surface area contributed by atoms with Crippen molar-refractivity contribution in [2.75, 3.05) is 39.5 Å². The lowest BCUT2D eigenvalue weighted by molar-refractivity contribution is 0.104. The molecule has 0 heterocycles. The van der Waals surface area contributed by atoms with Gasteiger partial charge in [-0.25, -0.2) is 0 Å². The molecule has 0 aromatic heterocycles. The van der Waals surface area contributed by atoms with Crippen LogP contribution >= 0.6 is 15.9 Å². The van der Waals surface area contributed by atoms with Crippen LogP contribution in [0.15, 0.2) is 65.3 Å². The van der Waals surface area contributed by atoms with E-state index in [1.54, 1.807) is 58.9 Å². The number of ketones is 1. The lowest BCUT2D eigenvalue weighted by Gasteiger charge is -2.13. The fourth-order valence-electron chi connectivity index (χ4n) is 3.37. The van der Waals surface area contributed by atoms with Gasteiger partial charge in [0.1, 0.15) is 0 Å². The molecule has 0 spiro atoms. The first-order valence-corrected chi connectivity index (χ1v) is 11.4. The Morgan fingerprint density at radius 1 is 0.829 bits per heavy atom. The molecule has 0 bridgehead atoms. The molecular formula is C27H27BrN2O5. The van der Waals surface area contributed by atoms with Crippen LogP contribution in [-0.2, 0) is 0 Å². The van der Waals surface area contributed by atoms with Crippen LogP contribution < -0.4 is 30.0 Å². The Hall–Kier alpha value is -3.91. The number of hydrogen-bond donors (Lipinski definition) is 2. The lowest BCUT2D eigenvalue weighted by Crippen LogP contribution is -1.99. The van der Waals surface area contributed by atoms with Crippen molar-refractivity contribution in [3.8, 4) is 23.0 Å². The maximum absolute atomic E-state index is 12.4. The van der Waals surface area contributed by atoms with Crippen molar-refractivity contribution in [3.63, 3.8) is 0 Å². The van der Waals surface area contributed by atoms with E-state index in [1.165, 1.54) is 6.08 Å². The number of nitrogen functional groups attached to an aromatic ring is 1. The molecule has 182 valence electrons. The summed E-state index contributed by atoms with van der Waals surface area (Å²) in [5.74, 6) is 2.14. The highest BCUT2D eigenvalue weighted by molar-refractivity contribution is 9.10. The summed E-state index contributed by atoms with van der Waals surface area (Å²) in [6.07, 6.45) is 6.91. The topological polar surface area (TPSA) is 92.0 Å². The Bertz CT molecular complexity index is 1230. The standard InChI is InChI=1S/C27H27BrN2O5/c1-32-24-15-18(16-25(33-2)27(24)35-4)6-5-17-13-21(28)26(34-3)22(14-17)30-12-11-23(31)19-7-9-20(29)10-8-19/h5-16,30H,29H2,1-4H3/b6-5-,12-11-. The number of nitrogens with two attached hydrogens (primary N) is 1. The average molecular weight is 539 g/mol. The zero-order valence-electron chi connectivity index (χ0n) is 19.9. The smallest absolute Gasteiger partial charge is 0.203 e. The Labute approximate surface area is 213 Å². The summed E-state index contributed by atoms with van der Waals surface area (Å²) in [7, 11) is 6.31. The number of methoxy groups -OCH3 is 4. The van der Waals surface area contributed by atoms with Crippen molar-refractivity contribution in [1.29, 1.82) is 0 Å². The molecule has 8 heteroatoms. The molecule has 0 fully saturated rings. The second-order valence-corrected chi connectivity index (χ2v) is 8.19. The summed E-state index contributed by atoms with van der Waals surface area (Å²) in [6, 6.07) is 14.3. The van der Waals surface area contributed by atoms with Gasteiger partial charge in [0, 0.05) is 23.5 Å². The van der Waals surface area contributed by atoms with Gasteiger partial charge in [-0.2, -0.15) is 0 Å². The highest BCUT2D eigenvalue weighted by Crippen LogP contribution is 2.39. The molecule has 0 aliphatic rings. The molecule has 0 atom stereocenters. The van der Waals surface area contributed by atoms with E-state index in [9.17, 15) is 4.79 Å². The lowest BCUT2D eigenvalue weighted by atomic mass is 10.1. The van der Waals surface area contributed by atoms with Gasteiger partial charge in [0.2, 0.25) is 5.75 Å². The van der Waals surface area contributed by atoms with Crippen LogP contribution in [0.4, 0.5) is 11.4 Å². The van der Waals surface area contributed by atoms with Gasteiger partial charge >= 0.3 is 0 Å². The zero-order valence-corrected chi connectivity index (χ0v) is 21.5. The van der Waals surface area contributed by atoms with Crippen LogP contribution in [0.5, 0.6) is 23.0 Å². The van der Waals surface area contributed by atoms with Crippen LogP contribution in [0.25, 0.3) is 12.2 Å². The minimum absolute atomic E-state index is 0.144. The number of rotatable bonds is 10. The molecule has 0 amide bonds. The van der Waals surface area contributed by atoms with Crippen molar-refractivity contribution in [1.82, 2.24) is 0 Å². The monoisotopic (exact) mass is 538 g/mol. The van der Waals surface area contributed by atoms with Crippen molar-refractivity contribution in [2.45, 2.75) is 0 Å². The number of hydrogen-bond acceptors (Lipinski definition) is 7. The molecule has 0 unspecified atom stereocenters. The number of halogens is 1. The summed E-state index contributed by atoms with van der Waals surface area (Å²) < 4.78 is 22.5. The van der Waals surface area contributed by atoms with Crippen molar-refractivity contribution >= 4 is 45.2 Å². The fourth-order valence-corrected chi connectivity index (χ4v) is 4.01. The van der Waals surface area contributed by atoms with Gasteiger partial charge in [0.25, 0.3) is 0 Å². The molecule has 0 saturated heterocycles. The normalized spacial score (nSPS) is 11.0. The summed E-state index contributed by atoms with van der Waals surface area (Å²) in [5.41, 5.74) is 9.29. The fraction of sp³-hybridized carbons (Fsp3) is 0.148. The van der Waals surface area contributed by atoms with E-state index in [4.69, 9.17) is 24.7 Å². The predicted octanol–water partition coefficient (Wildman–Crippen LogP) is 6.04. The Balaban J connectivity index is 1.85. The van der Waals surface area contributed by atoms with E-state index in [2.05, 4.69) is 21.2 Å². The predicted molar refractivity (Wildman–Crippen MR) is 144 cm³/mol. The van der Waals surface area contributed by atoms with Gasteiger partial charge in [0.15, 0.2) is 23.0 Å². The molecule has 7 nitrogen and oxygen atoms in total. The molecule has 0 saturated carbocycles. The second-order valence-electron chi connectivity index (χ2n) is 7.34. The number of nitrogens with one attached hydrogen (secondary N) is 1. The third-order valence-corrected chi connectivity index (χ3v) is 5.68. The number of ether oxygens (including phenoxy) is 4. The number of anilines is 2. The van der Waals surface area contributed by atoms with Gasteiger partial charge in [-0.05, 0) is 75.6 Å². The van der Waals surface area contributed by atoms with Crippen LogP contribution in [0.3, 0.4) is 0 Å². The first-order valence-electron chi connectivity index (χ1n) is 10.6. The first-order chi connectivity index (χ1) is 16.9. The largest absolute Gasteiger partial charge is 0.493 e. The van der Waals surface area contributed by atoms with Gasteiger partial charge in [0.05, 0.1) is 38.6 Å². The molecule has 0 aliphatic carbocycles. The zero-order chi connectivity index (χ0) is 25.4. The van der Waals surface area contributed by atoms with Crippen LogP contribution in [-0.4, -0.2) is 34.2 Å². The quantitative estimate of drug-likeness (QED) is 0.140.